The zero-order valence-corrected chi connectivity index (χ0v) is 18.7. The van der Waals surface area contributed by atoms with E-state index >= 15 is 0 Å². The minimum Gasteiger partial charge on any atom is -0.487 e. The monoisotopic (exact) mass is 446 g/mol. The minimum absolute atomic E-state index is 0.0840. The van der Waals surface area contributed by atoms with Gasteiger partial charge in [-0.25, -0.2) is 0 Å². The van der Waals surface area contributed by atoms with Crippen LogP contribution < -0.4 is 14.2 Å². The van der Waals surface area contributed by atoms with Crippen LogP contribution >= 0.6 is 0 Å². The number of ether oxygens (including phenoxy) is 6. The lowest BCUT2D eigenvalue weighted by Gasteiger charge is -2.21. The van der Waals surface area contributed by atoms with Crippen LogP contribution in [0.25, 0.3) is 32.7 Å². The van der Waals surface area contributed by atoms with E-state index in [1.165, 1.54) is 0 Å². The Kier molecular flexibility index (Phi) is 6.30. The van der Waals surface area contributed by atoms with Crippen molar-refractivity contribution in [1.82, 2.24) is 0 Å². The van der Waals surface area contributed by atoms with Gasteiger partial charge in [0.15, 0.2) is 25.1 Å². The van der Waals surface area contributed by atoms with Gasteiger partial charge in [0, 0.05) is 25.3 Å². The third kappa shape index (κ3) is 4.46. The number of hydrogen-bond acceptors (Lipinski definition) is 6. The number of fused-ring (bicyclic) bond motifs is 2. The van der Waals surface area contributed by atoms with Gasteiger partial charge in [0.05, 0.1) is 6.61 Å². The van der Waals surface area contributed by atoms with Crippen LogP contribution in [-0.2, 0) is 14.2 Å². The molecule has 6 heteroatoms. The SMILES string of the molecule is COCOc1ccc2ccccc2c1-c1c(OCOC)c(OC[C@@H]2CO2)cc2ccccc12. The second kappa shape index (κ2) is 9.67. The molecular formula is C27H26O6. The van der Waals surface area contributed by atoms with E-state index < -0.39 is 0 Å². The number of rotatable bonds is 10. The smallest absolute Gasteiger partial charge is 0.188 e. The Bertz CT molecular complexity index is 1260. The summed E-state index contributed by atoms with van der Waals surface area (Å²) in [6, 6.07) is 22.4. The zero-order valence-electron chi connectivity index (χ0n) is 18.7. The molecule has 1 heterocycles. The molecule has 0 aliphatic carbocycles. The number of benzene rings is 4. The molecule has 1 saturated heterocycles. The van der Waals surface area contributed by atoms with Crippen molar-refractivity contribution in [2.45, 2.75) is 6.10 Å². The summed E-state index contributed by atoms with van der Waals surface area (Å²) in [6.07, 6.45) is 0.119. The lowest BCUT2D eigenvalue weighted by atomic mass is 9.92. The molecule has 4 aromatic carbocycles. The maximum Gasteiger partial charge on any atom is 0.188 e. The normalized spacial score (nSPS) is 15.0. The predicted octanol–water partition coefficient (Wildman–Crippen LogP) is 5.40. The van der Waals surface area contributed by atoms with Crippen molar-refractivity contribution < 1.29 is 28.4 Å². The number of methoxy groups -OCH3 is 2. The summed E-state index contributed by atoms with van der Waals surface area (Å²) in [6.45, 7) is 1.39. The highest BCUT2D eigenvalue weighted by atomic mass is 16.7. The quantitative estimate of drug-likeness (QED) is 0.240. The van der Waals surface area contributed by atoms with Crippen molar-refractivity contribution in [1.29, 1.82) is 0 Å². The Labute approximate surface area is 192 Å². The molecule has 0 bridgehead atoms. The molecular weight excluding hydrogens is 420 g/mol. The van der Waals surface area contributed by atoms with Gasteiger partial charge in [-0.15, -0.1) is 0 Å². The molecule has 0 spiro atoms. The van der Waals surface area contributed by atoms with E-state index in [1.54, 1.807) is 14.2 Å². The van der Waals surface area contributed by atoms with Gasteiger partial charge >= 0.3 is 0 Å². The number of hydrogen-bond donors (Lipinski definition) is 0. The topological polar surface area (TPSA) is 58.7 Å². The van der Waals surface area contributed by atoms with Gasteiger partial charge in [-0.1, -0.05) is 54.6 Å². The lowest BCUT2D eigenvalue weighted by Crippen LogP contribution is -2.09. The molecule has 0 saturated carbocycles. The van der Waals surface area contributed by atoms with Gasteiger partial charge in [-0.2, -0.15) is 0 Å². The Morgan fingerprint density at radius 3 is 2.12 bits per heavy atom. The predicted molar refractivity (Wildman–Crippen MR) is 127 cm³/mol. The zero-order chi connectivity index (χ0) is 22.6. The van der Waals surface area contributed by atoms with Crippen LogP contribution in [0.4, 0.5) is 0 Å². The molecule has 0 aromatic heterocycles. The van der Waals surface area contributed by atoms with Gasteiger partial charge in [0.2, 0.25) is 0 Å². The average molecular weight is 446 g/mol. The van der Waals surface area contributed by atoms with Crippen LogP contribution in [0.3, 0.4) is 0 Å². The molecule has 33 heavy (non-hydrogen) atoms. The first kappa shape index (κ1) is 21.5. The fourth-order valence-electron chi connectivity index (χ4n) is 4.02. The maximum absolute atomic E-state index is 6.19. The Hall–Kier alpha value is -3.32. The van der Waals surface area contributed by atoms with E-state index in [0.717, 1.165) is 32.7 Å². The van der Waals surface area contributed by atoms with E-state index in [0.29, 0.717) is 30.5 Å². The fourth-order valence-corrected chi connectivity index (χ4v) is 4.02. The molecule has 5 rings (SSSR count). The molecule has 1 atom stereocenters. The summed E-state index contributed by atoms with van der Waals surface area (Å²) in [7, 11) is 3.21. The molecule has 0 N–H and O–H groups in total. The lowest BCUT2D eigenvalue weighted by molar-refractivity contribution is 0.0483. The standard InChI is InChI=1S/C27H26O6/c1-28-16-32-23-12-11-18-7-3-5-9-21(18)25(23)26-22-10-6-4-8-19(22)13-24(27(26)33-17-29-2)31-15-20-14-30-20/h3-13,20H,14-17H2,1-2H3/t20-/m0/s1. The van der Waals surface area contributed by atoms with Crippen molar-refractivity contribution >= 4 is 21.5 Å². The van der Waals surface area contributed by atoms with Crippen molar-refractivity contribution in [2.24, 2.45) is 0 Å². The molecule has 170 valence electrons. The molecule has 0 unspecified atom stereocenters. The summed E-state index contributed by atoms with van der Waals surface area (Å²) < 4.78 is 34.2. The van der Waals surface area contributed by atoms with Crippen LogP contribution in [-0.4, -0.2) is 47.1 Å². The molecule has 4 aromatic rings. The van der Waals surface area contributed by atoms with Crippen molar-refractivity contribution in [3.8, 4) is 28.4 Å². The summed E-state index contributed by atoms with van der Waals surface area (Å²) >= 11 is 0. The Balaban J connectivity index is 1.81. The average Bonchev–Trinajstić information content (AvgIpc) is 3.69. The van der Waals surface area contributed by atoms with Gasteiger partial charge in [0.1, 0.15) is 18.5 Å². The molecule has 0 radical (unpaired) electrons. The second-order valence-corrected chi connectivity index (χ2v) is 7.83. The van der Waals surface area contributed by atoms with Crippen LogP contribution in [0.1, 0.15) is 0 Å². The highest BCUT2D eigenvalue weighted by molar-refractivity contribution is 6.10. The maximum atomic E-state index is 6.19. The largest absolute Gasteiger partial charge is 0.487 e. The fraction of sp³-hybridized carbons (Fsp3) is 0.259. The van der Waals surface area contributed by atoms with Crippen LogP contribution in [0.5, 0.6) is 17.2 Å². The molecule has 1 fully saturated rings. The first-order chi connectivity index (χ1) is 16.3. The molecule has 1 aliphatic heterocycles. The van der Waals surface area contributed by atoms with Gasteiger partial charge < -0.3 is 28.4 Å². The first-order valence-corrected chi connectivity index (χ1v) is 10.9. The molecule has 6 nitrogen and oxygen atoms in total. The summed E-state index contributed by atoms with van der Waals surface area (Å²) in [4.78, 5) is 0. The first-order valence-electron chi connectivity index (χ1n) is 10.9. The summed E-state index contributed by atoms with van der Waals surface area (Å²) in [5.41, 5.74) is 1.81. The second-order valence-electron chi connectivity index (χ2n) is 7.83. The van der Waals surface area contributed by atoms with Crippen molar-refractivity contribution in [3.63, 3.8) is 0 Å². The summed E-state index contributed by atoms with van der Waals surface area (Å²) in [5, 5.41) is 4.20. The van der Waals surface area contributed by atoms with Gasteiger partial charge in [0.25, 0.3) is 0 Å². The highest BCUT2D eigenvalue weighted by Gasteiger charge is 2.26. The van der Waals surface area contributed by atoms with E-state index in [9.17, 15) is 0 Å². The van der Waals surface area contributed by atoms with Crippen LogP contribution in [0.2, 0.25) is 0 Å². The Morgan fingerprint density at radius 2 is 1.39 bits per heavy atom. The van der Waals surface area contributed by atoms with Crippen LogP contribution in [0, 0.1) is 0 Å². The van der Waals surface area contributed by atoms with E-state index in [1.807, 2.05) is 42.5 Å². The minimum atomic E-state index is 0.0840. The van der Waals surface area contributed by atoms with E-state index in [-0.39, 0.29) is 19.7 Å². The van der Waals surface area contributed by atoms with E-state index in [2.05, 4.69) is 24.3 Å². The highest BCUT2D eigenvalue weighted by Crippen LogP contribution is 2.49. The number of epoxide rings is 1. The third-order valence-corrected chi connectivity index (χ3v) is 5.59. The molecule has 0 amide bonds. The molecule has 1 aliphatic rings. The van der Waals surface area contributed by atoms with Crippen molar-refractivity contribution in [2.75, 3.05) is 41.0 Å². The van der Waals surface area contributed by atoms with E-state index in [4.69, 9.17) is 28.4 Å². The Morgan fingerprint density at radius 1 is 0.727 bits per heavy atom. The summed E-state index contributed by atoms with van der Waals surface area (Å²) in [5.74, 6) is 1.95. The van der Waals surface area contributed by atoms with Crippen molar-refractivity contribution in [3.05, 3.63) is 66.7 Å². The van der Waals surface area contributed by atoms with Gasteiger partial charge in [-0.05, 0) is 33.7 Å². The third-order valence-electron chi connectivity index (χ3n) is 5.59. The van der Waals surface area contributed by atoms with Gasteiger partial charge in [-0.3, -0.25) is 0 Å². The van der Waals surface area contributed by atoms with Crippen LogP contribution in [0.15, 0.2) is 66.7 Å².